The van der Waals surface area contributed by atoms with Crippen molar-refractivity contribution in [3.63, 3.8) is 0 Å². The summed E-state index contributed by atoms with van der Waals surface area (Å²) in [7, 11) is -0.951. The summed E-state index contributed by atoms with van der Waals surface area (Å²) in [5.41, 5.74) is 5.59. The Labute approximate surface area is 91.9 Å². The van der Waals surface area contributed by atoms with Gasteiger partial charge in [0.25, 0.3) is 0 Å². The molecule has 0 fully saturated rings. The first-order valence-corrected chi connectivity index (χ1v) is 6.19. The molecule has 78 valence electrons. The Morgan fingerprint density at radius 2 is 2.00 bits per heavy atom. The van der Waals surface area contributed by atoms with E-state index in [1.807, 2.05) is 6.92 Å². The second-order valence-electron chi connectivity index (χ2n) is 3.27. The number of rotatable bonds is 4. The van der Waals surface area contributed by atoms with Gasteiger partial charge in [-0.25, -0.2) is 0 Å². The van der Waals surface area contributed by atoms with Crippen LogP contribution in [-0.4, -0.2) is 16.0 Å². The molecule has 0 radical (unpaired) electrons. The van der Waals surface area contributed by atoms with Crippen LogP contribution in [0.1, 0.15) is 13.3 Å². The summed E-state index contributed by atoms with van der Waals surface area (Å²) in [5, 5.41) is 0.665. The standard InChI is InChI=1S/C10H14ClNOS/c1-8(12)6-7-14(13)10-4-2-9(11)3-5-10/h2-5,8H,6-7,12H2,1H3. The van der Waals surface area contributed by atoms with Crippen molar-refractivity contribution in [1.29, 1.82) is 0 Å². The van der Waals surface area contributed by atoms with Gasteiger partial charge in [-0.05, 0) is 37.6 Å². The van der Waals surface area contributed by atoms with E-state index in [0.29, 0.717) is 10.8 Å². The molecular weight excluding hydrogens is 218 g/mol. The minimum Gasteiger partial charge on any atom is -0.328 e. The molecule has 1 aromatic carbocycles. The van der Waals surface area contributed by atoms with Crippen LogP contribution in [0.15, 0.2) is 29.2 Å². The second-order valence-corrected chi connectivity index (χ2v) is 5.28. The lowest BCUT2D eigenvalue weighted by atomic mass is 10.3. The fraction of sp³-hybridized carbons (Fsp3) is 0.400. The average Bonchev–Trinajstić information content (AvgIpc) is 2.15. The van der Waals surface area contributed by atoms with Gasteiger partial charge in [0.05, 0.1) is 10.8 Å². The lowest BCUT2D eigenvalue weighted by Crippen LogP contribution is -2.17. The van der Waals surface area contributed by atoms with E-state index >= 15 is 0 Å². The maximum atomic E-state index is 11.7. The van der Waals surface area contributed by atoms with E-state index in [2.05, 4.69) is 0 Å². The number of nitrogens with two attached hydrogens (primary N) is 1. The minimum atomic E-state index is -0.951. The molecule has 0 aliphatic carbocycles. The first-order valence-electron chi connectivity index (χ1n) is 4.49. The fourth-order valence-electron chi connectivity index (χ4n) is 0.997. The summed E-state index contributed by atoms with van der Waals surface area (Å²) in [5.74, 6) is 0.610. The summed E-state index contributed by atoms with van der Waals surface area (Å²) in [6.45, 7) is 1.92. The molecule has 1 aromatic rings. The van der Waals surface area contributed by atoms with Gasteiger partial charge in [0.1, 0.15) is 0 Å². The highest BCUT2D eigenvalue weighted by molar-refractivity contribution is 7.85. The molecule has 0 amide bonds. The Bertz CT molecular complexity index is 310. The maximum absolute atomic E-state index is 11.7. The first kappa shape index (κ1) is 11.7. The summed E-state index contributed by atoms with van der Waals surface area (Å²) < 4.78 is 11.7. The molecule has 0 bridgehead atoms. The van der Waals surface area contributed by atoms with Crippen molar-refractivity contribution >= 4 is 22.4 Å². The lowest BCUT2D eigenvalue weighted by Gasteiger charge is -2.04. The van der Waals surface area contributed by atoms with Gasteiger partial charge in [0.15, 0.2) is 0 Å². The molecule has 0 aliphatic rings. The van der Waals surface area contributed by atoms with Crippen LogP contribution in [0, 0.1) is 0 Å². The van der Waals surface area contributed by atoms with Crippen LogP contribution in [0.4, 0.5) is 0 Å². The van der Waals surface area contributed by atoms with E-state index in [0.717, 1.165) is 11.3 Å². The fourth-order valence-corrected chi connectivity index (χ4v) is 2.38. The molecule has 2 N–H and O–H groups in total. The van der Waals surface area contributed by atoms with Gasteiger partial charge in [0.2, 0.25) is 0 Å². The van der Waals surface area contributed by atoms with Crippen LogP contribution in [0.25, 0.3) is 0 Å². The van der Waals surface area contributed by atoms with Gasteiger partial charge in [-0.3, -0.25) is 4.21 Å². The zero-order valence-corrected chi connectivity index (χ0v) is 9.65. The smallest absolute Gasteiger partial charge is 0.0530 e. The number of hydrogen-bond acceptors (Lipinski definition) is 2. The van der Waals surface area contributed by atoms with Crippen LogP contribution in [0.5, 0.6) is 0 Å². The second kappa shape index (κ2) is 5.49. The molecule has 0 saturated heterocycles. The zero-order valence-electron chi connectivity index (χ0n) is 8.07. The summed E-state index contributed by atoms with van der Waals surface area (Å²) >= 11 is 5.72. The molecule has 2 nitrogen and oxygen atoms in total. The third kappa shape index (κ3) is 3.78. The van der Waals surface area contributed by atoms with Crippen molar-refractivity contribution in [2.75, 3.05) is 5.75 Å². The summed E-state index contributed by atoms with van der Waals surface area (Å²) in [6.07, 6.45) is 0.773. The predicted molar refractivity (Wildman–Crippen MR) is 61.0 cm³/mol. The van der Waals surface area contributed by atoms with Gasteiger partial charge >= 0.3 is 0 Å². The normalized spacial score (nSPS) is 15.1. The molecule has 2 unspecified atom stereocenters. The highest BCUT2D eigenvalue weighted by atomic mass is 35.5. The maximum Gasteiger partial charge on any atom is 0.0530 e. The van der Waals surface area contributed by atoms with E-state index in [-0.39, 0.29) is 6.04 Å². The third-order valence-corrected chi connectivity index (χ3v) is 3.49. The SMILES string of the molecule is CC(N)CCS(=O)c1ccc(Cl)cc1. The number of benzene rings is 1. The predicted octanol–water partition coefficient (Wildman–Crippen LogP) is 2.18. The lowest BCUT2D eigenvalue weighted by molar-refractivity contribution is 0.668. The van der Waals surface area contributed by atoms with E-state index < -0.39 is 10.8 Å². The van der Waals surface area contributed by atoms with E-state index in [1.54, 1.807) is 24.3 Å². The van der Waals surface area contributed by atoms with Crippen molar-refractivity contribution < 1.29 is 4.21 Å². The molecule has 0 aliphatic heterocycles. The van der Waals surface area contributed by atoms with Crippen LogP contribution in [-0.2, 0) is 10.8 Å². The number of hydrogen-bond donors (Lipinski definition) is 1. The quantitative estimate of drug-likeness (QED) is 0.863. The van der Waals surface area contributed by atoms with Gasteiger partial charge in [-0.15, -0.1) is 0 Å². The van der Waals surface area contributed by atoms with E-state index in [4.69, 9.17) is 17.3 Å². The summed E-state index contributed by atoms with van der Waals surface area (Å²) in [6, 6.07) is 7.19. The molecular formula is C10H14ClNOS. The first-order chi connectivity index (χ1) is 6.59. The highest BCUT2D eigenvalue weighted by Gasteiger charge is 2.04. The Balaban J connectivity index is 2.57. The molecule has 0 aromatic heterocycles. The summed E-state index contributed by atoms with van der Waals surface area (Å²) in [4.78, 5) is 0.815. The number of halogens is 1. The average molecular weight is 232 g/mol. The van der Waals surface area contributed by atoms with Gasteiger partial charge in [0, 0.05) is 21.7 Å². The molecule has 1 rings (SSSR count). The monoisotopic (exact) mass is 231 g/mol. The van der Waals surface area contributed by atoms with Crippen molar-refractivity contribution in [2.45, 2.75) is 24.3 Å². The van der Waals surface area contributed by atoms with Gasteiger partial charge < -0.3 is 5.73 Å². The van der Waals surface area contributed by atoms with Crippen molar-refractivity contribution in [2.24, 2.45) is 5.73 Å². The van der Waals surface area contributed by atoms with Crippen LogP contribution in [0.3, 0.4) is 0 Å². The van der Waals surface area contributed by atoms with Crippen molar-refractivity contribution in [3.8, 4) is 0 Å². The molecule has 0 heterocycles. The Hall–Kier alpha value is -0.380. The van der Waals surface area contributed by atoms with E-state index in [9.17, 15) is 4.21 Å². The largest absolute Gasteiger partial charge is 0.328 e. The molecule has 0 spiro atoms. The van der Waals surface area contributed by atoms with Crippen molar-refractivity contribution in [1.82, 2.24) is 0 Å². The Morgan fingerprint density at radius 1 is 1.43 bits per heavy atom. The molecule has 0 saturated carbocycles. The molecule has 14 heavy (non-hydrogen) atoms. The Morgan fingerprint density at radius 3 is 2.50 bits per heavy atom. The van der Waals surface area contributed by atoms with Crippen LogP contribution in [0.2, 0.25) is 5.02 Å². The highest BCUT2D eigenvalue weighted by Crippen LogP contribution is 2.13. The third-order valence-electron chi connectivity index (χ3n) is 1.84. The topological polar surface area (TPSA) is 43.1 Å². The zero-order chi connectivity index (χ0) is 10.6. The minimum absolute atomic E-state index is 0.103. The van der Waals surface area contributed by atoms with E-state index in [1.165, 1.54) is 0 Å². The Kier molecular flexibility index (Phi) is 4.58. The van der Waals surface area contributed by atoms with Crippen LogP contribution < -0.4 is 5.73 Å². The van der Waals surface area contributed by atoms with Gasteiger partial charge in [-0.1, -0.05) is 11.6 Å². The molecule has 4 heteroatoms. The van der Waals surface area contributed by atoms with Crippen molar-refractivity contribution in [3.05, 3.63) is 29.3 Å². The van der Waals surface area contributed by atoms with Crippen LogP contribution >= 0.6 is 11.6 Å². The van der Waals surface area contributed by atoms with Gasteiger partial charge in [-0.2, -0.15) is 0 Å². The molecule has 2 atom stereocenters.